The molecule has 6 heteroatoms. The van der Waals surface area contributed by atoms with E-state index in [4.69, 9.17) is 11.6 Å². The minimum atomic E-state index is -3.56. The molecule has 1 saturated heterocycles. The van der Waals surface area contributed by atoms with Crippen molar-refractivity contribution in [2.75, 3.05) is 6.54 Å². The molecule has 1 aliphatic heterocycles. The molecule has 0 spiro atoms. The van der Waals surface area contributed by atoms with Crippen LogP contribution in [0.4, 0.5) is 0 Å². The highest BCUT2D eigenvalue weighted by Crippen LogP contribution is 2.28. The summed E-state index contributed by atoms with van der Waals surface area (Å²) in [5.74, 6) is 0.0122. The minimum absolute atomic E-state index is 0.0122. The van der Waals surface area contributed by atoms with E-state index < -0.39 is 10.0 Å². The molecule has 1 unspecified atom stereocenters. The van der Waals surface area contributed by atoms with Gasteiger partial charge in [0.2, 0.25) is 10.0 Å². The van der Waals surface area contributed by atoms with Gasteiger partial charge in [0.05, 0.1) is 4.90 Å². The van der Waals surface area contributed by atoms with Crippen LogP contribution in [0.2, 0.25) is 5.02 Å². The van der Waals surface area contributed by atoms with Crippen molar-refractivity contribution < 1.29 is 13.2 Å². The molecule has 19 heavy (non-hydrogen) atoms. The number of benzene rings is 1. The first-order chi connectivity index (χ1) is 8.91. The summed E-state index contributed by atoms with van der Waals surface area (Å²) in [6.45, 7) is 1.95. The maximum Gasteiger partial charge on any atom is 0.243 e. The Kier molecular flexibility index (Phi) is 4.28. The molecule has 0 aromatic heterocycles. The predicted octanol–water partition coefficient (Wildman–Crippen LogP) is 2.47. The van der Waals surface area contributed by atoms with Gasteiger partial charge in [-0.05, 0) is 38.0 Å². The second kappa shape index (κ2) is 5.61. The molecule has 0 aliphatic carbocycles. The maximum atomic E-state index is 12.5. The predicted molar refractivity (Wildman–Crippen MR) is 73.7 cm³/mol. The smallest absolute Gasteiger partial charge is 0.243 e. The van der Waals surface area contributed by atoms with E-state index in [1.54, 1.807) is 12.1 Å². The van der Waals surface area contributed by atoms with Gasteiger partial charge in [0.1, 0.15) is 5.78 Å². The lowest BCUT2D eigenvalue weighted by atomic mass is 10.1. The zero-order chi connectivity index (χ0) is 14.0. The summed E-state index contributed by atoms with van der Waals surface area (Å²) in [7, 11) is -3.56. The van der Waals surface area contributed by atoms with Crippen LogP contribution in [0.25, 0.3) is 0 Å². The molecule has 1 aliphatic rings. The van der Waals surface area contributed by atoms with Gasteiger partial charge in [-0.2, -0.15) is 4.31 Å². The Morgan fingerprint density at radius 1 is 1.47 bits per heavy atom. The number of sulfonamides is 1. The fraction of sp³-hybridized carbons (Fsp3) is 0.462. The number of hydrogen-bond donors (Lipinski definition) is 0. The molecule has 1 atom stereocenters. The van der Waals surface area contributed by atoms with Crippen LogP contribution < -0.4 is 0 Å². The molecule has 0 bridgehead atoms. The Labute approximate surface area is 118 Å². The highest BCUT2D eigenvalue weighted by molar-refractivity contribution is 7.89. The fourth-order valence-electron chi connectivity index (χ4n) is 2.42. The molecule has 0 radical (unpaired) electrons. The summed E-state index contributed by atoms with van der Waals surface area (Å²) < 4.78 is 26.5. The Bertz CT molecular complexity index is 585. The van der Waals surface area contributed by atoms with Gasteiger partial charge in [0.15, 0.2) is 0 Å². The van der Waals surface area contributed by atoms with E-state index in [2.05, 4.69) is 0 Å². The number of nitrogens with zero attached hydrogens (tertiary/aromatic N) is 1. The number of hydrogen-bond acceptors (Lipinski definition) is 3. The van der Waals surface area contributed by atoms with Crippen LogP contribution in [0.5, 0.6) is 0 Å². The molecular formula is C13H16ClNO3S. The van der Waals surface area contributed by atoms with Crippen molar-refractivity contribution in [1.82, 2.24) is 4.31 Å². The molecule has 2 rings (SSSR count). The van der Waals surface area contributed by atoms with E-state index in [-0.39, 0.29) is 23.1 Å². The van der Waals surface area contributed by atoms with Crippen molar-refractivity contribution in [3.8, 4) is 0 Å². The molecule has 1 fully saturated rings. The third-order valence-corrected chi connectivity index (χ3v) is 5.43. The van der Waals surface area contributed by atoms with Crippen molar-refractivity contribution >= 4 is 27.4 Å². The van der Waals surface area contributed by atoms with Crippen LogP contribution in [0.3, 0.4) is 0 Å². The van der Waals surface area contributed by atoms with E-state index in [0.717, 1.165) is 12.8 Å². The molecular weight excluding hydrogens is 286 g/mol. The topological polar surface area (TPSA) is 54.5 Å². The first-order valence-corrected chi connectivity index (χ1v) is 8.00. The quantitative estimate of drug-likeness (QED) is 0.858. The first kappa shape index (κ1) is 14.5. The Morgan fingerprint density at radius 2 is 2.21 bits per heavy atom. The Morgan fingerprint density at radius 3 is 2.84 bits per heavy atom. The average molecular weight is 302 g/mol. The summed E-state index contributed by atoms with van der Waals surface area (Å²) in [6.07, 6.45) is 1.80. The Balaban J connectivity index is 2.31. The molecule has 1 heterocycles. The summed E-state index contributed by atoms with van der Waals surface area (Å²) in [6, 6.07) is 6.01. The van der Waals surface area contributed by atoms with Gasteiger partial charge in [0, 0.05) is 24.0 Å². The number of carbonyl (C=O) groups excluding carboxylic acids is 1. The lowest BCUT2D eigenvalue weighted by Crippen LogP contribution is -2.36. The molecule has 104 valence electrons. The van der Waals surface area contributed by atoms with E-state index >= 15 is 0 Å². The third kappa shape index (κ3) is 3.16. The summed E-state index contributed by atoms with van der Waals surface area (Å²) in [4.78, 5) is 11.4. The van der Waals surface area contributed by atoms with E-state index in [0.29, 0.717) is 11.6 Å². The standard InChI is InChI=1S/C13H16ClNO3S/c1-10(16)8-12-5-3-7-15(12)19(17,18)13-6-2-4-11(14)9-13/h2,4,6,9,12H,3,5,7-8H2,1H3. The average Bonchev–Trinajstić information content (AvgIpc) is 2.77. The van der Waals surface area contributed by atoms with E-state index in [1.165, 1.54) is 23.4 Å². The molecule has 1 aromatic rings. The second-order valence-corrected chi connectivity index (χ2v) is 7.10. The summed E-state index contributed by atoms with van der Waals surface area (Å²) in [5.41, 5.74) is 0. The minimum Gasteiger partial charge on any atom is -0.300 e. The highest BCUT2D eigenvalue weighted by atomic mass is 35.5. The molecule has 1 aromatic carbocycles. The second-order valence-electron chi connectivity index (χ2n) is 4.78. The largest absolute Gasteiger partial charge is 0.300 e. The third-order valence-electron chi connectivity index (χ3n) is 3.25. The van der Waals surface area contributed by atoms with Crippen LogP contribution in [-0.4, -0.2) is 31.1 Å². The number of ketones is 1. The lowest BCUT2D eigenvalue weighted by Gasteiger charge is -2.23. The van der Waals surface area contributed by atoms with Crippen LogP contribution in [-0.2, 0) is 14.8 Å². The van der Waals surface area contributed by atoms with Gasteiger partial charge in [-0.25, -0.2) is 8.42 Å². The summed E-state index contributed by atoms with van der Waals surface area (Å²) in [5, 5.41) is 0.392. The monoisotopic (exact) mass is 301 g/mol. The van der Waals surface area contributed by atoms with E-state index in [1.807, 2.05) is 0 Å². The fourth-order valence-corrected chi connectivity index (χ4v) is 4.42. The molecule has 0 N–H and O–H groups in total. The highest BCUT2D eigenvalue weighted by Gasteiger charge is 2.35. The Hall–Kier alpha value is -0.910. The van der Waals surface area contributed by atoms with Crippen LogP contribution in [0.15, 0.2) is 29.2 Å². The van der Waals surface area contributed by atoms with Gasteiger partial charge in [-0.3, -0.25) is 4.79 Å². The zero-order valence-electron chi connectivity index (χ0n) is 10.7. The van der Waals surface area contributed by atoms with Crippen LogP contribution >= 0.6 is 11.6 Å². The SMILES string of the molecule is CC(=O)CC1CCCN1S(=O)(=O)c1cccc(Cl)c1. The number of rotatable bonds is 4. The molecule has 4 nitrogen and oxygen atoms in total. The number of halogens is 1. The van der Waals surface area contributed by atoms with Gasteiger partial charge >= 0.3 is 0 Å². The van der Waals surface area contributed by atoms with Crippen molar-refractivity contribution in [2.45, 2.75) is 37.1 Å². The van der Waals surface area contributed by atoms with Crippen molar-refractivity contribution in [3.63, 3.8) is 0 Å². The van der Waals surface area contributed by atoms with E-state index in [9.17, 15) is 13.2 Å². The maximum absolute atomic E-state index is 12.5. The molecule has 0 saturated carbocycles. The van der Waals surface area contributed by atoms with Crippen molar-refractivity contribution in [3.05, 3.63) is 29.3 Å². The van der Waals surface area contributed by atoms with Gasteiger partial charge < -0.3 is 0 Å². The van der Waals surface area contributed by atoms with Gasteiger partial charge in [-0.15, -0.1) is 0 Å². The zero-order valence-corrected chi connectivity index (χ0v) is 12.2. The first-order valence-electron chi connectivity index (χ1n) is 6.18. The van der Waals surface area contributed by atoms with Crippen molar-refractivity contribution in [2.24, 2.45) is 0 Å². The summed E-state index contributed by atoms with van der Waals surface area (Å²) >= 11 is 5.84. The normalized spacial score (nSPS) is 20.6. The van der Waals surface area contributed by atoms with Crippen molar-refractivity contribution in [1.29, 1.82) is 0 Å². The van der Waals surface area contributed by atoms with Gasteiger partial charge in [-0.1, -0.05) is 17.7 Å². The lowest BCUT2D eigenvalue weighted by molar-refractivity contribution is -0.117. The molecule has 0 amide bonds. The van der Waals surface area contributed by atoms with Crippen LogP contribution in [0, 0.1) is 0 Å². The van der Waals surface area contributed by atoms with Gasteiger partial charge in [0.25, 0.3) is 0 Å². The number of Topliss-reactive ketones (excluding diaryl/α,β-unsaturated/α-hetero) is 1. The number of carbonyl (C=O) groups is 1. The van der Waals surface area contributed by atoms with Crippen LogP contribution in [0.1, 0.15) is 26.2 Å².